The van der Waals surface area contributed by atoms with Gasteiger partial charge in [-0.25, -0.2) is 4.98 Å². The molecule has 0 radical (unpaired) electrons. The van der Waals surface area contributed by atoms with Crippen molar-refractivity contribution in [1.29, 1.82) is 0 Å². The van der Waals surface area contributed by atoms with Crippen LogP contribution in [0.25, 0.3) is 0 Å². The Morgan fingerprint density at radius 1 is 0.968 bits per heavy atom. The molecule has 0 amide bonds. The lowest BCUT2D eigenvalue weighted by atomic mass is 10.1. The molecule has 0 spiro atoms. The molecule has 3 aromatic rings. The largest absolute Gasteiger partial charge is 0.496 e. The molecule has 162 valence electrons. The molecule has 6 heteroatoms. The third-order valence-corrected chi connectivity index (χ3v) is 5.23. The van der Waals surface area contributed by atoms with E-state index < -0.39 is 0 Å². The van der Waals surface area contributed by atoms with Gasteiger partial charge in [0, 0.05) is 25.4 Å². The van der Waals surface area contributed by atoms with E-state index in [1.807, 2.05) is 48.5 Å². The summed E-state index contributed by atoms with van der Waals surface area (Å²) in [6.45, 7) is 5.71. The second kappa shape index (κ2) is 8.96. The first-order valence-electron chi connectivity index (χ1n) is 10.3. The van der Waals surface area contributed by atoms with Crippen LogP contribution in [0.4, 0.5) is 0 Å². The number of ether oxygens (including phenoxy) is 4. The van der Waals surface area contributed by atoms with Crippen LogP contribution in [0.5, 0.6) is 23.1 Å². The summed E-state index contributed by atoms with van der Waals surface area (Å²) in [5.41, 5.74) is 1.78. The van der Waals surface area contributed by atoms with Gasteiger partial charge in [-0.2, -0.15) is 0 Å². The minimum Gasteiger partial charge on any atom is -0.496 e. The zero-order chi connectivity index (χ0) is 21.8. The van der Waals surface area contributed by atoms with Gasteiger partial charge in [-0.15, -0.1) is 0 Å². The average Bonchev–Trinajstić information content (AvgIpc) is 3.08. The third kappa shape index (κ3) is 4.81. The van der Waals surface area contributed by atoms with Gasteiger partial charge in [0.1, 0.15) is 23.5 Å². The summed E-state index contributed by atoms with van der Waals surface area (Å²) in [7, 11) is 3.34. The van der Waals surface area contributed by atoms with Gasteiger partial charge in [0.25, 0.3) is 0 Å². The van der Waals surface area contributed by atoms with E-state index in [4.69, 9.17) is 18.9 Å². The smallest absolute Gasteiger partial charge is 0.219 e. The average molecular weight is 421 g/mol. The van der Waals surface area contributed by atoms with Gasteiger partial charge >= 0.3 is 0 Å². The van der Waals surface area contributed by atoms with Crippen molar-refractivity contribution < 1.29 is 18.9 Å². The molecule has 1 fully saturated rings. The van der Waals surface area contributed by atoms with E-state index in [0.717, 1.165) is 41.5 Å². The summed E-state index contributed by atoms with van der Waals surface area (Å²) in [5, 5.41) is 0. The summed E-state index contributed by atoms with van der Waals surface area (Å²) >= 11 is 0. The Labute approximate surface area is 183 Å². The van der Waals surface area contributed by atoms with E-state index in [9.17, 15) is 0 Å². The van der Waals surface area contributed by atoms with Crippen molar-refractivity contribution >= 4 is 0 Å². The predicted octanol–water partition coefficient (Wildman–Crippen LogP) is 5.20. The fourth-order valence-electron chi connectivity index (χ4n) is 3.92. The standard InChI is InChI=1S/C25H28N2O4/c1-25(2)17-27(24(31-25)23-20(28-3)8-7-9-21(23)29-4)16-18-11-13-19(14-12-18)30-22-10-5-6-15-26-22/h5-15,24H,16-17H2,1-4H3. The van der Waals surface area contributed by atoms with Crippen LogP contribution in [0.2, 0.25) is 0 Å². The molecule has 1 saturated heterocycles. The zero-order valence-corrected chi connectivity index (χ0v) is 18.4. The molecular formula is C25H28N2O4. The molecule has 2 heterocycles. The Bertz CT molecular complexity index is 984. The minimum absolute atomic E-state index is 0.273. The Morgan fingerprint density at radius 2 is 1.68 bits per heavy atom. The van der Waals surface area contributed by atoms with Gasteiger partial charge in [0.2, 0.25) is 5.88 Å². The monoisotopic (exact) mass is 420 g/mol. The van der Waals surface area contributed by atoms with Crippen LogP contribution < -0.4 is 14.2 Å². The molecule has 0 saturated carbocycles. The molecule has 1 unspecified atom stereocenters. The van der Waals surface area contributed by atoms with Gasteiger partial charge in [0.15, 0.2) is 0 Å². The third-order valence-electron chi connectivity index (χ3n) is 5.23. The van der Waals surface area contributed by atoms with E-state index in [1.54, 1.807) is 20.4 Å². The van der Waals surface area contributed by atoms with E-state index in [2.05, 4.69) is 35.9 Å². The predicted molar refractivity (Wildman–Crippen MR) is 119 cm³/mol. The lowest BCUT2D eigenvalue weighted by molar-refractivity contribution is -0.0445. The normalized spacial score (nSPS) is 18.0. The highest BCUT2D eigenvalue weighted by molar-refractivity contribution is 5.46. The summed E-state index contributed by atoms with van der Waals surface area (Å²) in [6.07, 6.45) is 1.44. The molecular weight excluding hydrogens is 392 g/mol. The van der Waals surface area contributed by atoms with E-state index in [0.29, 0.717) is 5.88 Å². The molecule has 1 aromatic heterocycles. The molecule has 4 rings (SSSR count). The lowest BCUT2D eigenvalue weighted by Gasteiger charge is -2.26. The SMILES string of the molecule is COc1cccc(OC)c1C1OC(C)(C)CN1Cc1ccc(Oc2ccccn2)cc1. The summed E-state index contributed by atoms with van der Waals surface area (Å²) < 4.78 is 23.5. The van der Waals surface area contributed by atoms with Crippen molar-refractivity contribution in [3.63, 3.8) is 0 Å². The number of nitrogens with zero attached hydrogens (tertiary/aromatic N) is 2. The van der Waals surface area contributed by atoms with Gasteiger partial charge in [-0.05, 0) is 49.7 Å². The first-order valence-corrected chi connectivity index (χ1v) is 10.3. The van der Waals surface area contributed by atoms with Crippen LogP contribution in [-0.2, 0) is 11.3 Å². The molecule has 0 aliphatic carbocycles. The Morgan fingerprint density at radius 3 is 2.29 bits per heavy atom. The van der Waals surface area contributed by atoms with Crippen LogP contribution >= 0.6 is 0 Å². The van der Waals surface area contributed by atoms with E-state index >= 15 is 0 Å². The van der Waals surface area contributed by atoms with Crippen LogP contribution in [0.15, 0.2) is 66.9 Å². The number of pyridine rings is 1. The highest BCUT2D eigenvalue weighted by Crippen LogP contribution is 2.44. The molecule has 1 aliphatic heterocycles. The molecule has 31 heavy (non-hydrogen) atoms. The van der Waals surface area contributed by atoms with Crippen molar-refractivity contribution in [3.8, 4) is 23.1 Å². The van der Waals surface area contributed by atoms with Gasteiger partial charge in [-0.1, -0.05) is 24.3 Å². The second-order valence-electron chi connectivity index (χ2n) is 8.13. The van der Waals surface area contributed by atoms with Crippen molar-refractivity contribution in [3.05, 3.63) is 78.0 Å². The zero-order valence-electron chi connectivity index (χ0n) is 18.4. The highest BCUT2D eigenvalue weighted by Gasteiger charge is 2.41. The van der Waals surface area contributed by atoms with Crippen molar-refractivity contribution in [2.45, 2.75) is 32.2 Å². The van der Waals surface area contributed by atoms with Crippen LogP contribution in [-0.4, -0.2) is 36.2 Å². The number of hydrogen-bond acceptors (Lipinski definition) is 6. The summed E-state index contributed by atoms with van der Waals surface area (Å²) in [4.78, 5) is 6.50. The maximum atomic E-state index is 6.44. The molecule has 1 aliphatic rings. The van der Waals surface area contributed by atoms with E-state index in [-0.39, 0.29) is 11.8 Å². The number of rotatable bonds is 7. The Balaban J connectivity index is 1.56. The molecule has 0 N–H and O–H groups in total. The van der Waals surface area contributed by atoms with Crippen LogP contribution in [0, 0.1) is 0 Å². The van der Waals surface area contributed by atoms with Crippen LogP contribution in [0.1, 0.15) is 31.2 Å². The first-order chi connectivity index (χ1) is 15.0. The van der Waals surface area contributed by atoms with Crippen molar-refractivity contribution in [1.82, 2.24) is 9.88 Å². The van der Waals surface area contributed by atoms with Crippen molar-refractivity contribution in [2.24, 2.45) is 0 Å². The maximum Gasteiger partial charge on any atom is 0.219 e. The summed E-state index contributed by atoms with van der Waals surface area (Å²) in [5.74, 6) is 2.84. The molecule has 2 aromatic carbocycles. The number of hydrogen-bond donors (Lipinski definition) is 0. The second-order valence-corrected chi connectivity index (χ2v) is 8.13. The number of methoxy groups -OCH3 is 2. The van der Waals surface area contributed by atoms with Crippen molar-refractivity contribution in [2.75, 3.05) is 20.8 Å². The maximum absolute atomic E-state index is 6.44. The molecule has 0 bridgehead atoms. The first kappa shape index (κ1) is 21.2. The Hall–Kier alpha value is -3.09. The molecule has 1 atom stereocenters. The number of aromatic nitrogens is 1. The topological polar surface area (TPSA) is 53.0 Å². The molecule has 6 nitrogen and oxygen atoms in total. The van der Waals surface area contributed by atoms with Gasteiger partial charge in [-0.3, -0.25) is 4.90 Å². The van der Waals surface area contributed by atoms with Gasteiger partial charge in [0.05, 0.1) is 25.4 Å². The fraction of sp³-hybridized carbons (Fsp3) is 0.320. The highest BCUT2D eigenvalue weighted by atomic mass is 16.5. The van der Waals surface area contributed by atoms with E-state index in [1.165, 1.54) is 0 Å². The van der Waals surface area contributed by atoms with Crippen LogP contribution in [0.3, 0.4) is 0 Å². The number of benzene rings is 2. The lowest BCUT2D eigenvalue weighted by Crippen LogP contribution is -2.28. The minimum atomic E-state index is -0.293. The van der Waals surface area contributed by atoms with Gasteiger partial charge < -0.3 is 18.9 Å². The Kier molecular flexibility index (Phi) is 6.11. The summed E-state index contributed by atoms with van der Waals surface area (Å²) in [6, 6.07) is 19.5. The fourth-order valence-corrected chi connectivity index (χ4v) is 3.92. The quantitative estimate of drug-likeness (QED) is 0.524.